The van der Waals surface area contributed by atoms with Crippen molar-refractivity contribution in [2.45, 2.75) is 24.9 Å². The van der Waals surface area contributed by atoms with Gasteiger partial charge in [-0.1, -0.05) is 5.92 Å². The van der Waals surface area contributed by atoms with E-state index in [0.717, 1.165) is 12.8 Å². The fraction of sp³-hybridized carbons (Fsp3) is 0.571. The van der Waals surface area contributed by atoms with Crippen molar-refractivity contribution in [3.63, 3.8) is 0 Å². The van der Waals surface area contributed by atoms with Crippen LogP contribution in [0.5, 0.6) is 0 Å². The first kappa shape index (κ1) is 6.13. The molecule has 2 nitrogen and oxygen atoms in total. The van der Waals surface area contributed by atoms with Crippen molar-refractivity contribution < 1.29 is 0 Å². The predicted molar refractivity (Wildman–Crippen MR) is 34.4 cm³/mol. The molecule has 0 aliphatic carbocycles. The number of nitrogens with zero attached hydrogens (tertiary/aromatic N) is 1. The third kappa shape index (κ3) is 1.22. The Bertz CT molecular complexity index is 152. The molecule has 0 aromatic heterocycles. The number of hydrogen-bond donors (Lipinski definition) is 1. The summed E-state index contributed by atoms with van der Waals surface area (Å²) < 4.78 is 0. The van der Waals surface area contributed by atoms with Crippen LogP contribution in [-0.2, 0) is 0 Å². The largest absolute Gasteiger partial charge is 0.288 e. The first-order chi connectivity index (χ1) is 4.36. The van der Waals surface area contributed by atoms with Crippen molar-refractivity contribution in [1.82, 2.24) is 5.32 Å². The number of nitrogens with one attached hydrogen (secondary N) is 1. The van der Waals surface area contributed by atoms with Gasteiger partial charge in [0.25, 0.3) is 0 Å². The minimum atomic E-state index is -0.00829. The van der Waals surface area contributed by atoms with E-state index in [9.17, 15) is 0 Å². The van der Waals surface area contributed by atoms with Crippen molar-refractivity contribution in [2.75, 3.05) is 0 Å². The predicted octanol–water partition coefficient (Wildman–Crippen LogP) is 0.264. The van der Waals surface area contributed by atoms with Gasteiger partial charge in [0.15, 0.2) is 0 Å². The third-order valence-electron chi connectivity index (χ3n) is 1.50. The molecule has 46 valence electrons. The highest BCUT2D eigenvalue weighted by atomic mass is 15.0. The maximum atomic E-state index is 8.40. The van der Waals surface area contributed by atoms with Crippen molar-refractivity contribution >= 4 is 0 Å². The number of terminal acetylenes is 1. The van der Waals surface area contributed by atoms with Crippen LogP contribution in [0.2, 0.25) is 0 Å². The minimum Gasteiger partial charge on any atom is -0.288 e. The lowest BCUT2D eigenvalue weighted by Crippen LogP contribution is -2.26. The summed E-state index contributed by atoms with van der Waals surface area (Å²) in [6, 6.07) is 2.25. The molecule has 0 saturated carbocycles. The van der Waals surface area contributed by atoms with Gasteiger partial charge in [0.1, 0.15) is 0 Å². The van der Waals surface area contributed by atoms with E-state index in [1.807, 2.05) is 0 Å². The zero-order valence-corrected chi connectivity index (χ0v) is 5.09. The van der Waals surface area contributed by atoms with E-state index in [1.54, 1.807) is 0 Å². The average Bonchev–Trinajstić information content (AvgIpc) is 2.34. The van der Waals surface area contributed by atoms with Gasteiger partial charge in [-0.25, -0.2) is 0 Å². The minimum absolute atomic E-state index is 0.00829. The highest BCUT2D eigenvalue weighted by Gasteiger charge is 2.20. The highest BCUT2D eigenvalue weighted by Crippen LogP contribution is 2.09. The molecule has 0 aromatic rings. The fourth-order valence-corrected chi connectivity index (χ4v) is 0.976. The molecule has 0 bridgehead atoms. The highest BCUT2D eigenvalue weighted by molar-refractivity contribution is 5.08. The van der Waals surface area contributed by atoms with Gasteiger partial charge in [0, 0.05) is 0 Å². The quantitative estimate of drug-likeness (QED) is 0.465. The molecule has 1 aliphatic heterocycles. The van der Waals surface area contributed by atoms with Gasteiger partial charge in [0.05, 0.1) is 18.2 Å². The summed E-state index contributed by atoms with van der Waals surface area (Å²) >= 11 is 0. The van der Waals surface area contributed by atoms with E-state index in [4.69, 9.17) is 11.7 Å². The van der Waals surface area contributed by atoms with Crippen LogP contribution in [0.3, 0.4) is 0 Å². The lowest BCUT2D eigenvalue weighted by molar-refractivity contribution is 0.691. The van der Waals surface area contributed by atoms with E-state index in [2.05, 4.69) is 17.3 Å². The molecule has 0 amide bonds. The number of rotatable bonds is 0. The Labute approximate surface area is 54.9 Å². The number of nitriles is 1. The molecule has 0 spiro atoms. The Hall–Kier alpha value is -0.990. The summed E-state index contributed by atoms with van der Waals surface area (Å²) in [6.07, 6.45) is 6.96. The lowest BCUT2D eigenvalue weighted by Gasteiger charge is -1.99. The lowest BCUT2D eigenvalue weighted by atomic mass is 10.2. The molecule has 0 unspecified atom stereocenters. The van der Waals surface area contributed by atoms with E-state index in [-0.39, 0.29) is 12.1 Å². The molecule has 0 aromatic carbocycles. The van der Waals surface area contributed by atoms with Crippen LogP contribution in [0.25, 0.3) is 0 Å². The standard InChI is InChI=1S/C7H8N2/c1-2-6-3-4-7(5-8)9-6/h1,6-7,9H,3-4H2/t6-,7-/m0/s1. The molecule has 2 heteroatoms. The monoisotopic (exact) mass is 120 g/mol. The summed E-state index contributed by atoms with van der Waals surface area (Å²) in [5.41, 5.74) is 0. The van der Waals surface area contributed by atoms with Crippen LogP contribution in [0.1, 0.15) is 12.8 Å². The topological polar surface area (TPSA) is 35.8 Å². The maximum absolute atomic E-state index is 8.40. The van der Waals surface area contributed by atoms with Gasteiger partial charge in [-0.2, -0.15) is 5.26 Å². The van der Waals surface area contributed by atoms with E-state index in [1.165, 1.54) is 0 Å². The van der Waals surface area contributed by atoms with Gasteiger partial charge < -0.3 is 0 Å². The molecule has 1 aliphatic rings. The zero-order chi connectivity index (χ0) is 6.69. The van der Waals surface area contributed by atoms with Crippen LogP contribution < -0.4 is 5.32 Å². The molecular formula is C7H8N2. The number of hydrogen-bond acceptors (Lipinski definition) is 2. The molecule has 0 radical (unpaired) electrons. The smallest absolute Gasteiger partial charge is 0.0963 e. The molecule has 2 atom stereocenters. The van der Waals surface area contributed by atoms with Crippen molar-refractivity contribution in [3.05, 3.63) is 0 Å². The summed E-state index contributed by atoms with van der Waals surface area (Å²) in [6.45, 7) is 0. The van der Waals surface area contributed by atoms with Crippen LogP contribution in [0, 0.1) is 23.7 Å². The van der Waals surface area contributed by atoms with Crippen molar-refractivity contribution in [1.29, 1.82) is 5.26 Å². The van der Waals surface area contributed by atoms with Crippen molar-refractivity contribution in [3.8, 4) is 18.4 Å². The summed E-state index contributed by atoms with van der Waals surface area (Å²) in [4.78, 5) is 0. The maximum Gasteiger partial charge on any atom is 0.0963 e. The summed E-state index contributed by atoms with van der Waals surface area (Å²) in [5, 5.41) is 11.4. The van der Waals surface area contributed by atoms with Crippen LogP contribution in [0.4, 0.5) is 0 Å². The summed E-state index contributed by atoms with van der Waals surface area (Å²) in [5.74, 6) is 2.57. The first-order valence-corrected chi connectivity index (χ1v) is 2.98. The van der Waals surface area contributed by atoms with Gasteiger partial charge in [-0.05, 0) is 12.8 Å². The Kier molecular flexibility index (Phi) is 1.72. The Morgan fingerprint density at radius 2 is 2.11 bits per heavy atom. The molecule has 1 fully saturated rings. The molecule has 1 saturated heterocycles. The SMILES string of the molecule is C#C[C@H]1CC[C@@H](C#N)N1. The zero-order valence-electron chi connectivity index (χ0n) is 5.09. The first-order valence-electron chi connectivity index (χ1n) is 2.98. The summed E-state index contributed by atoms with van der Waals surface area (Å²) in [7, 11) is 0. The molecule has 1 rings (SSSR count). The molecule has 1 heterocycles. The van der Waals surface area contributed by atoms with Gasteiger partial charge >= 0.3 is 0 Å². The van der Waals surface area contributed by atoms with Crippen LogP contribution >= 0.6 is 0 Å². The Balaban J connectivity index is 2.42. The second kappa shape index (κ2) is 2.53. The normalized spacial score (nSPS) is 33.1. The van der Waals surface area contributed by atoms with Gasteiger partial charge in [0.2, 0.25) is 0 Å². The average molecular weight is 120 g/mol. The van der Waals surface area contributed by atoms with Gasteiger partial charge in [-0.3, -0.25) is 5.32 Å². The Morgan fingerprint density at radius 3 is 2.44 bits per heavy atom. The van der Waals surface area contributed by atoms with E-state index >= 15 is 0 Å². The van der Waals surface area contributed by atoms with Gasteiger partial charge in [-0.15, -0.1) is 6.42 Å². The Morgan fingerprint density at radius 1 is 1.44 bits per heavy atom. The third-order valence-corrected chi connectivity index (χ3v) is 1.50. The molecular weight excluding hydrogens is 112 g/mol. The van der Waals surface area contributed by atoms with E-state index < -0.39 is 0 Å². The van der Waals surface area contributed by atoms with Crippen molar-refractivity contribution in [2.24, 2.45) is 0 Å². The molecule has 1 N–H and O–H groups in total. The molecule has 9 heavy (non-hydrogen) atoms. The van der Waals surface area contributed by atoms with Crippen LogP contribution in [0.15, 0.2) is 0 Å². The fourth-order valence-electron chi connectivity index (χ4n) is 0.976. The second-order valence-electron chi connectivity index (χ2n) is 2.14. The van der Waals surface area contributed by atoms with E-state index in [0.29, 0.717) is 0 Å². The van der Waals surface area contributed by atoms with Crippen LogP contribution in [-0.4, -0.2) is 12.1 Å². The second-order valence-corrected chi connectivity index (χ2v) is 2.14.